The summed E-state index contributed by atoms with van der Waals surface area (Å²) in [5.41, 5.74) is 2.04. The number of fused-ring (bicyclic) bond motifs is 1. The van der Waals surface area contributed by atoms with Crippen molar-refractivity contribution in [2.75, 3.05) is 86.1 Å². The van der Waals surface area contributed by atoms with Crippen molar-refractivity contribution < 1.29 is 68.5 Å². The molecule has 5 N–H and O–H groups in total. The van der Waals surface area contributed by atoms with Gasteiger partial charge in [-0.15, -0.1) is 0 Å². The highest BCUT2D eigenvalue weighted by molar-refractivity contribution is 5.60. The number of benzene rings is 1. The molecule has 322 valence electrons. The number of ether oxygens (including phenoxy) is 7. The quantitative estimate of drug-likeness (QED) is 0.0512. The number of rotatable bonds is 26. The SMILES string of the molecule is CCOCC(C)COCc1ccc(C2C(OCC3CCC4OCCN(CCCOC)C4C3)CNCC2OC(=O)OCCCCC(CON(O)O)ON(O)O)cc1. The second-order valence-corrected chi connectivity index (χ2v) is 14.9. The maximum atomic E-state index is 13.0. The molecule has 0 amide bonds. The number of methoxy groups -OCH3 is 1. The lowest BCUT2D eigenvalue weighted by atomic mass is 9.82. The minimum Gasteiger partial charge on any atom is -0.434 e. The first-order valence-electron chi connectivity index (χ1n) is 20.1. The maximum Gasteiger partial charge on any atom is 0.508 e. The molecule has 3 aliphatic rings. The highest BCUT2D eigenvalue weighted by atomic mass is 17.1. The van der Waals surface area contributed by atoms with E-state index in [9.17, 15) is 4.79 Å². The zero-order chi connectivity index (χ0) is 40.1. The molecule has 18 heteroatoms. The Hall–Kier alpha value is -2.11. The zero-order valence-electron chi connectivity index (χ0n) is 33.3. The van der Waals surface area contributed by atoms with Crippen LogP contribution in [0.2, 0.25) is 0 Å². The molecule has 0 aromatic heterocycles. The van der Waals surface area contributed by atoms with Crippen LogP contribution >= 0.6 is 0 Å². The lowest BCUT2D eigenvalue weighted by Gasteiger charge is -2.46. The van der Waals surface area contributed by atoms with Gasteiger partial charge in [0.15, 0.2) is 0 Å². The number of morpholine rings is 1. The molecule has 0 radical (unpaired) electrons. The third kappa shape index (κ3) is 16.6. The number of nitrogens with zero attached hydrogens (tertiary/aromatic N) is 3. The Labute approximate surface area is 330 Å². The Morgan fingerprint density at radius 2 is 1.77 bits per heavy atom. The van der Waals surface area contributed by atoms with E-state index in [1.165, 1.54) is 0 Å². The molecule has 2 heterocycles. The van der Waals surface area contributed by atoms with Gasteiger partial charge in [0, 0.05) is 71.0 Å². The van der Waals surface area contributed by atoms with Gasteiger partial charge in [-0.1, -0.05) is 31.2 Å². The minimum absolute atomic E-state index is 0.0408. The summed E-state index contributed by atoms with van der Waals surface area (Å²) < 4.78 is 41.1. The van der Waals surface area contributed by atoms with Crippen molar-refractivity contribution >= 4 is 6.16 Å². The van der Waals surface area contributed by atoms with Gasteiger partial charge in [0.1, 0.15) is 18.8 Å². The van der Waals surface area contributed by atoms with Gasteiger partial charge >= 0.3 is 6.16 Å². The second kappa shape index (κ2) is 26.1. The summed E-state index contributed by atoms with van der Waals surface area (Å²) in [7, 11) is 1.74. The molecule has 2 aliphatic heterocycles. The molecule has 1 aromatic rings. The van der Waals surface area contributed by atoms with Crippen LogP contribution in [0.25, 0.3) is 0 Å². The molecule has 1 saturated carbocycles. The maximum absolute atomic E-state index is 13.0. The van der Waals surface area contributed by atoms with E-state index in [0.717, 1.165) is 63.1 Å². The summed E-state index contributed by atoms with van der Waals surface area (Å²) in [6.07, 6.45) is 2.80. The van der Waals surface area contributed by atoms with E-state index in [-0.39, 0.29) is 37.8 Å². The van der Waals surface area contributed by atoms with Crippen molar-refractivity contribution in [1.29, 1.82) is 0 Å². The first kappa shape index (κ1) is 46.6. The van der Waals surface area contributed by atoms with Gasteiger partial charge in [-0.2, -0.15) is 0 Å². The Morgan fingerprint density at radius 1 is 0.982 bits per heavy atom. The van der Waals surface area contributed by atoms with E-state index < -0.39 is 29.1 Å². The molecule has 56 heavy (non-hydrogen) atoms. The third-order valence-corrected chi connectivity index (χ3v) is 10.5. The van der Waals surface area contributed by atoms with Crippen LogP contribution in [0.15, 0.2) is 24.3 Å². The largest absolute Gasteiger partial charge is 0.508 e. The molecular weight excluding hydrogens is 736 g/mol. The fraction of sp³-hybridized carbons (Fsp3) is 0.816. The van der Waals surface area contributed by atoms with Crippen LogP contribution in [-0.2, 0) is 49.4 Å². The molecule has 18 nitrogen and oxygen atoms in total. The summed E-state index contributed by atoms with van der Waals surface area (Å²) in [6.45, 7) is 11.2. The Kier molecular flexibility index (Phi) is 21.7. The Bertz CT molecular complexity index is 1200. The predicted octanol–water partition coefficient (Wildman–Crippen LogP) is 3.94. The molecule has 0 bridgehead atoms. The highest BCUT2D eigenvalue weighted by Crippen LogP contribution is 2.35. The van der Waals surface area contributed by atoms with Crippen molar-refractivity contribution in [1.82, 2.24) is 21.0 Å². The molecular formula is C38H66N4O14. The van der Waals surface area contributed by atoms with Crippen LogP contribution in [0.1, 0.15) is 75.8 Å². The first-order chi connectivity index (χ1) is 27.2. The van der Waals surface area contributed by atoms with Crippen molar-refractivity contribution in [3.63, 3.8) is 0 Å². The van der Waals surface area contributed by atoms with Crippen molar-refractivity contribution in [3.05, 3.63) is 35.4 Å². The van der Waals surface area contributed by atoms with E-state index in [4.69, 9.17) is 58.8 Å². The van der Waals surface area contributed by atoms with Crippen LogP contribution in [0, 0.1) is 11.8 Å². The fourth-order valence-corrected chi connectivity index (χ4v) is 7.76. The van der Waals surface area contributed by atoms with E-state index in [0.29, 0.717) is 76.8 Å². The fourth-order valence-electron chi connectivity index (χ4n) is 7.76. The zero-order valence-corrected chi connectivity index (χ0v) is 33.3. The molecule has 1 aromatic carbocycles. The molecule has 8 atom stereocenters. The Balaban J connectivity index is 1.35. The van der Waals surface area contributed by atoms with E-state index in [1.54, 1.807) is 7.11 Å². The third-order valence-electron chi connectivity index (χ3n) is 10.5. The van der Waals surface area contributed by atoms with Gasteiger partial charge in [0.05, 0.1) is 56.0 Å². The average Bonchev–Trinajstić information content (AvgIpc) is 3.18. The van der Waals surface area contributed by atoms with Crippen molar-refractivity contribution in [2.24, 2.45) is 11.8 Å². The molecule has 8 unspecified atom stereocenters. The number of piperidine rings is 1. The van der Waals surface area contributed by atoms with E-state index in [2.05, 4.69) is 34.1 Å². The minimum atomic E-state index is -0.919. The van der Waals surface area contributed by atoms with Gasteiger partial charge in [-0.05, 0) is 68.9 Å². The monoisotopic (exact) mass is 802 g/mol. The van der Waals surface area contributed by atoms with Crippen LogP contribution < -0.4 is 5.32 Å². The van der Waals surface area contributed by atoms with Crippen LogP contribution in [0.4, 0.5) is 4.79 Å². The van der Waals surface area contributed by atoms with Crippen LogP contribution in [-0.4, -0.2) is 159 Å². The molecule has 1 aliphatic carbocycles. The molecule has 2 saturated heterocycles. The smallest absolute Gasteiger partial charge is 0.434 e. The number of nitrogens with one attached hydrogen (secondary N) is 1. The standard InChI is InChI=1S/C38H66N4O14/c1-4-49-23-28(2)24-50-25-29-9-12-31(13-10-29)37-35(53-26-30-11-14-34-33(20-30)40(16-19-51-34)15-7-17-48-3)21-39-22-36(37)55-38(43)52-18-6-5-8-32(56-42(46)47)27-54-41(44)45/h9-10,12-13,28,30,32-37,39,44-47H,4-8,11,14-27H2,1-3H3. The topological polar surface area (TPSA) is 203 Å². The number of hydrogen-bond acceptors (Lipinski definition) is 18. The number of carbonyl (C=O) groups is 1. The second-order valence-electron chi connectivity index (χ2n) is 14.9. The normalized spacial score (nSPS) is 25.6. The van der Waals surface area contributed by atoms with E-state index >= 15 is 0 Å². The number of carbonyl (C=O) groups excluding carboxylic acids is 1. The highest BCUT2D eigenvalue weighted by Gasteiger charge is 2.41. The van der Waals surface area contributed by atoms with Gasteiger partial charge in [-0.25, -0.2) is 14.5 Å². The van der Waals surface area contributed by atoms with E-state index in [1.807, 2.05) is 19.1 Å². The first-order valence-corrected chi connectivity index (χ1v) is 20.1. The summed E-state index contributed by atoms with van der Waals surface area (Å²) in [5, 5.41) is 37.9. The van der Waals surface area contributed by atoms with Crippen LogP contribution in [0.5, 0.6) is 0 Å². The molecule has 4 rings (SSSR count). The molecule has 3 fully saturated rings. The predicted molar refractivity (Wildman–Crippen MR) is 198 cm³/mol. The lowest BCUT2D eigenvalue weighted by Crippen LogP contribution is -2.55. The van der Waals surface area contributed by atoms with Gasteiger partial charge in [0.25, 0.3) is 0 Å². The van der Waals surface area contributed by atoms with Gasteiger partial charge < -0.3 is 38.5 Å². The van der Waals surface area contributed by atoms with Crippen LogP contribution in [0.3, 0.4) is 0 Å². The van der Waals surface area contributed by atoms with Crippen molar-refractivity contribution in [2.45, 2.75) is 102 Å². The molecule has 0 spiro atoms. The summed E-state index contributed by atoms with van der Waals surface area (Å²) >= 11 is 0. The summed E-state index contributed by atoms with van der Waals surface area (Å²) in [5.74, 6) is 0.420. The number of unbranched alkanes of at least 4 members (excludes halogenated alkanes) is 1. The Morgan fingerprint density at radius 3 is 2.52 bits per heavy atom. The van der Waals surface area contributed by atoms with Gasteiger partial charge in [-0.3, -0.25) is 25.7 Å². The lowest BCUT2D eigenvalue weighted by molar-refractivity contribution is -0.527. The summed E-state index contributed by atoms with van der Waals surface area (Å²) in [4.78, 5) is 24.8. The number of hydrogen-bond donors (Lipinski definition) is 5. The van der Waals surface area contributed by atoms with Gasteiger partial charge in [0.2, 0.25) is 0 Å². The summed E-state index contributed by atoms with van der Waals surface area (Å²) in [6, 6.07) is 8.59. The average molecular weight is 803 g/mol. The van der Waals surface area contributed by atoms with Crippen molar-refractivity contribution in [3.8, 4) is 0 Å².